The highest BCUT2D eigenvalue weighted by molar-refractivity contribution is 5.72. The lowest BCUT2D eigenvalue weighted by Gasteiger charge is -2.24. The standard InChI is InChI=1S/C8H15NO7/c10-1-2-16-5-6(11)9(3-7(12)13)4-8(14)15/h6,10-11H,1-5H2,(H,12,13)(H,14,15). The molecule has 1 unspecified atom stereocenters. The fourth-order valence-corrected chi connectivity index (χ4v) is 0.973. The highest BCUT2D eigenvalue weighted by atomic mass is 16.5. The monoisotopic (exact) mass is 237 g/mol. The summed E-state index contributed by atoms with van der Waals surface area (Å²) in [6, 6.07) is 0. The van der Waals surface area contributed by atoms with Gasteiger partial charge in [0.25, 0.3) is 0 Å². The second-order valence-electron chi connectivity index (χ2n) is 2.97. The molecule has 16 heavy (non-hydrogen) atoms. The summed E-state index contributed by atoms with van der Waals surface area (Å²) in [5.74, 6) is -2.50. The Labute approximate surface area is 91.7 Å². The summed E-state index contributed by atoms with van der Waals surface area (Å²) in [5, 5.41) is 34.8. The lowest BCUT2D eigenvalue weighted by atomic mass is 10.4. The normalized spacial score (nSPS) is 12.7. The fourth-order valence-electron chi connectivity index (χ4n) is 0.973. The maximum Gasteiger partial charge on any atom is 0.317 e. The van der Waals surface area contributed by atoms with Crippen molar-refractivity contribution in [1.82, 2.24) is 4.90 Å². The Kier molecular flexibility index (Phi) is 7.38. The second kappa shape index (κ2) is 7.99. The first-order valence-corrected chi connectivity index (χ1v) is 4.51. The van der Waals surface area contributed by atoms with Crippen LogP contribution >= 0.6 is 0 Å². The molecule has 0 aliphatic carbocycles. The van der Waals surface area contributed by atoms with E-state index in [1.807, 2.05) is 0 Å². The first-order valence-electron chi connectivity index (χ1n) is 4.51. The van der Waals surface area contributed by atoms with Gasteiger partial charge in [0, 0.05) is 0 Å². The first kappa shape index (κ1) is 14.8. The van der Waals surface area contributed by atoms with Gasteiger partial charge in [-0.15, -0.1) is 0 Å². The predicted octanol–water partition coefficient (Wildman–Crippen LogP) is -2.22. The molecular formula is C8H15NO7. The number of hydrogen-bond donors (Lipinski definition) is 4. The van der Waals surface area contributed by atoms with E-state index in [1.165, 1.54) is 0 Å². The number of aliphatic hydroxyl groups is 2. The average Bonchev–Trinajstić information content (AvgIpc) is 2.15. The van der Waals surface area contributed by atoms with Gasteiger partial charge in [0.2, 0.25) is 0 Å². The van der Waals surface area contributed by atoms with E-state index in [0.29, 0.717) is 0 Å². The van der Waals surface area contributed by atoms with Crippen LogP contribution in [-0.4, -0.2) is 76.4 Å². The Morgan fingerprint density at radius 2 is 1.69 bits per heavy atom. The van der Waals surface area contributed by atoms with E-state index in [0.717, 1.165) is 4.90 Å². The van der Waals surface area contributed by atoms with E-state index >= 15 is 0 Å². The van der Waals surface area contributed by atoms with Crippen molar-refractivity contribution in [3.8, 4) is 0 Å². The molecule has 0 aromatic heterocycles. The van der Waals surface area contributed by atoms with Crippen LogP contribution in [0.2, 0.25) is 0 Å². The van der Waals surface area contributed by atoms with Crippen LogP contribution in [-0.2, 0) is 14.3 Å². The van der Waals surface area contributed by atoms with Crippen molar-refractivity contribution < 1.29 is 34.8 Å². The van der Waals surface area contributed by atoms with E-state index in [-0.39, 0.29) is 19.8 Å². The molecule has 0 radical (unpaired) electrons. The molecule has 0 saturated heterocycles. The molecule has 8 heteroatoms. The van der Waals surface area contributed by atoms with Crippen LogP contribution in [0.4, 0.5) is 0 Å². The Morgan fingerprint density at radius 1 is 1.19 bits per heavy atom. The first-order chi connectivity index (χ1) is 7.47. The zero-order chi connectivity index (χ0) is 12.6. The van der Waals surface area contributed by atoms with Gasteiger partial charge in [0.05, 0.1) is 32.9 Å². The fraction of sp³-hybridized carbons (Fsp3) is 0.750. The van der Waals surface area contributed by atoms with Gasteiger partial charge < -0.3 is 25.2 Å². The summed E-state index contributed by atoms with van der Waals surface area (Å²) in [6.45, 7) is -1.71. The molecular weight excluding hydrogens is 222 g/mol. The number of aliphatic carboxylic acids is 2. The highest BCUT2D eigenvalue weighted by Crippen LogP contribution is 1.97. The lowest BCUT2D eigenvalue weighted by molar-refractivity contribution is -0.149. The minimum absolute atomic E-state index is 0.00889. The molecule has 0 bridgehead atoms. The molecule has 0 amide bonds. The molecule has 94 valence electrons. The maximum absolute atomic E-state index is 10.4. The quantitative estimate of drug-likeness (QED) is 0.262. The third kappa shape index (κ3) is 7.12. The predicted molar refractivity (Wildman–Crippen MR) is 50.8 cm³/mol. The van der Waals surface area contributed by atoms with Gasteiger partial charge in [0.1, 0.15) is 6.23 Å². The Hall–Kier alpha value is -1.22. The van der Waals surface area contributed by atoms with E-state index in [9.17, 15) is 14.7 Å². The molecule has 1 atom stereocenters. The van der Waals surface area contributed by atoms with Crippen molar-refractivity contribution in [2.75, 3.05) is 32.9 Å². The Balaban J connectivity index is 4.14. The number of nitrogens with zero attached hydrogens (tertiary/aromatic N) is 1. The number of aliphatic hydroxyl groups excluding tert-OH is 2. The Morgan fingerprint density at radius 3 is 2.06 bits per heavy atom. The molecule has 8 nitrogen and oxygen atoms in total. The number of carbonyl (C=O) groups is 2. The molecule has 0 aliphatic rings. The van der Waals surface area contributed by atoms with Gasteiger partial charge in [-0.2, -0.15) is 0 Å². The van der Waals surface area contributed by atoms with Gasteiger partial charge in [-0.1, -0.05) is 0 Å². The average molecular weight is 237 g/mol. The van der Waals surface area contributed by atoms with E-state index < -0.39 is 31.3 Å². The van der Waals surface area contributed by atoms with Crippen LogP contribution in [0, 0.1) is 0 Å². The lowest BCUT2D eigenvalue weighted by Crippen LogP contribution is -2.44. The largest absolute Gasteiger partial charge is 0.480 e. The van der Waals surface area contributed by atoms with Crippen molar-refractivity contribution in [3.63, 3.8) is 0 Å². The maximum atomic E-state index is 10.4. The van der Waals surface area contributed by atoms with Gasteiger partial charge >= 0.3 is 11.9 Å². The topological polar surface area (TPSA) is 128 Å². The minimum Gasteiger partial charge on any atom is -0.480 e. The van der Waals surface area contributed by atoms with Crippen LogP contribution in [0.15, 0.2) is 0 Å². The summed E-state index contributed by atoms with van der Waals surface area (Å²) in [5.41, 5.74) is 0. The molecule has 0 rings (SSSR count). The summed E-state index contributed by atoms with van der Waals surface area (Å²) in [6.07, 6.45) is -1.33. The molecule has 0 aliphatic heterocycles. The van der Waals surface area contributed by atoms with E-state index in [4.69, 9.17) is 20.1 Å². The van der Waals surface area contributed by atoms with Crippen LogP contribution in [0.25, 0.3) is 0 Å². The number of ether oxygens (including phenoxy) is 1. The summed E-state index contributed by atoms with van der Waals surface area (Å²) >= 11 is 0. The van der Waals surface area contributed by atoms with E-state index in [2.05, 4.69) is 0 Å². The van der Waals surface area contributed by atoms with Gasteiger partial charge in [-0.3, -0.25) is 14.5 Å². The molecule has 0 aromatic carbocycles. The van der Waals surface area contributed by atoms with Crippen LogP contribution in [0.3, 0.4) is 0 Å². The molecule has 0 heterocycles. The highest BCUT2D eigenvalue weighted by Gasteiger charge is 2.21. The number of carboxylic acid groups (broad SMARTS) is 2. The summed E-state index contributed by atoms with van der Waals surface area (Å²) < 4.78 is 4.76. The van der Waals surface area contributed by atoms with Crippen molar-refractivity contribution in [3.05, 3.63) is 0 Å². The van der Waals surface area contributed by atoms with Crippen molar-refractivity contribution >= 4 is 11.9 Å². The van der Waals surface area contributed by atoms with Crippen molar-refractivity contribution in [1.29, 1.82) is 0 Å². The molecule has 0 aromatic rings. The molecule has 0 spiro atoms. The van der Waals surface area contributed by atoms with Crippen molar-refractivity contribution in [2.45, 2.75) is 6.23 Å². The number of hydrogen-bond acceptors (Lipinski definition) is 6. The third-order valence-electron chi connectivity index (χ3n) is 1.60. The molecule has 0 fully saturated rings. The minimum atomic E-state index is -1.33. The SMILES string of the molecule is O=C(O)CN(CC(=O)O)C(O)COCCO. The zero-order valence-electron chi connectivity index (χ0n) is 8.57. The summed E-state index contributed by atoms with van der Waals surface area (Å²) in [7, 11) is 0. The van der Waals surface area contributed by atoms with E-state index in [1.54, 1.807) is 0 Å². The van der Waals surface area contributed by atoms with Gasteiger partial charge in [0.15, 0.2) is 0 Å². The van der Waals surface area contributed by atoms with Crippen LogP contribution in [0.1, 0.15) is 0 Å². The summed E-state index contributed by atoms with van der Waals surface area (Å²) in [4.78, 5) is 21.6. The Bertz CT molecular complexity index is 216. The zero-order valence-corrected chi connectivity index (χ0v) is 8.57. The number of rotatable bonds is 9. The smallest absolute Gasteiger partial charge is 0.317 e. The van der Waals surface area contributed by atoms with Gasteiger partial charge in [-0.05, 0) is 0 Å². The van der Waals surface area contributed by atoms with Crippen molar-refractivity contribution in [2.24, 2.45) is 0 Å². The molecule has 4 N–H and O–H groups in total. The second-order valence-corrected chi connectivity index (χ2v) is 2.97. The van der Waals surface area contributed by atoms with Gasteiger partial charge in [-0.25, -0.2) is 0 Å². The number of carboxylic acids is 2. The van der Waals surface area contributed by atoms with Crippen LogP contribution in [0.5, 0.6) is 0 Å². The van der Waals surface area contributed by atoms with Crippen LogP contribution < -0.4 is 0 Å². The molecule has 0 saturated carbocycles. The third-order valence-corrected chi connectivity index (χ3v) is 1.60.